The first-order chi connectivity index (χ1) is 9.10. The number of carbonyl (C=O) groups is 1. The number of nitrogens with two attached hydrogens (primary N) is 1. The molecule has 2 heterocycles. The Hall–Kier alpha value is -2.06. The summed E-state index contributed by atoms with van der Waals surface area (Å²) in [6, 6.07) is 3.09. The van der Waals surface area contributed by atoms with Crippen LogP contribution < -0.4 is 16.8 Å². The number of H-pyrrole nitrogens is 1. The minimum Gasteiger partial charge on any atom is -0.455 e. The highest BCUT2D eigenvalue weighted by molar-refractivity contribution is 7.98. The van der Waals surface area contributed by atoms with Crippen LogP contribution in [0.5, 0.6) is 0 Å². The molecule has 0 aliphatic carbocycles. The van der Waals surface area contributed by atoms with Crippen LogP contribution in [0.15, 0.2) is 32.7 Å². The van der Waals surface area contributed by atoms with Crippen molar-refractivity contribution in [3.63, 3.8) is 0 Å². The van der Waals surface area contributed by atoms with E-state index in [1.54, 1.807) is 13.0 Å². The smallest absolute Gasteiger partial charge is 0.301 e. The summed E-state index contributed by atoms with van der Waals surface area (Å²) in [7, 11) is 0. The first-order valence-electron chi connectivity index (χ1n) is 5.38. The van der Waals surface area contributed by atoms with Gasteiger partial charge in [-0.2, -0.15) is 0 Å². The number of furan rings is 1. The van der Waals surface area contributed by atoms with E-state index in [4.69, 9.17) is 10.3 Å². The second-order valence-electron chi connectivity index (χ2n) is 3.73. The summed E-state index contributed by atoms with van der Waals surface area (Å²) in [6.07, 6.45) is 1.43. The lowest BCUT2D eigenvalue weighted by Crippen LogP contribution is -2.30. The van der Waals surface area contributed by atoms with Gasteiger partial charge in [0.1, 0.15) is 5.76 Å². The normalized spacial score (nSPS) is 10.4. The lowest BCUT2D eigenvalue weighted by Gasteiger charge is -1.98. The van der Waals surface area contributed by atoms with Gasteiger partial charge in [0.25, 0.3) is 5.56 Å². The lowest BCUT2D eigenvalue weighted by atomic mass is 10.2. The number of nitrogens with zero attached hydrogens (tertiary/aromatic N) is 1. The van der Waals surface area contributed by atoms with Crippen molar-refractivity contribution in [3.8, 4) is 0 Å². The molecule has 2 aromatic heterocycles. The van der Waals surface area contributed by atoms with Gasteiger partial charge in [-0.25, -0.2) is 10.8 Å². The van der Waals surface area contributed by atoms with Gasteiger partial charge in [-0.05, 0) is 13.0 Å². The van der Waals surface area contributed by atoms with Crippen molar-refractivity contribution in [2.45, 2.75) is 17.8 Å². The summed E-state index contributed by atoms with van der Waals surface area (Å²) >= 11 is 1.31. The van der Waals surface area contributed by atoms with E-state index in [1.807, 2.05) is 5.43 Å². The molecule has 4 N–H and O–H groups in total. The Labute approximate surface area is 112 Å². The van der Waals surface area contributed by atoms with E-state index in [0.29, 0.717) is 22.2 Å². The fraction of sp³-hybridized carbons (Fsp3) is 0.182. The van der Waals surface area contributed by atoms with Crippen molar-refractivity contribution in [2.24, 2.45) is 5.84 Å². The third-order valence-corrected chi connectivity index (χ3v) is 3.21. The molecular formula is C11H12N4O3S. The monoisotopic (exact) mass is 280 g/mol. The molecule has 2 rings (SSSR count). The maximum absolute atomic E-state index is 11.4. The fourth-order valence-electron chi connectivity index (χ4n) is 1.48. The summed E-state index contributed by atoms with van der Waals surface area (Å²) in [5, 5.41) is 0.492. The standard InChI is InChI=1S/C11H12N4O3S/c1-6-4-7(18-9(6)10(17)15-12)5-19-11-13-3-2-8(16)14-11/h2-4H,5,12H2,1H3,(H,15,17)(H,13,14,16). The number of hydrazine groups is 1. The maximum Gasteiger partial charge on any atom is 0.301 e. The van der Waals surface area contributed by atoms with E-state index in [0.717, 1.165) is 0 Å². The van der Waals surface area contributed by atoms with E-state index in [-0.39, 0.29) is 11.3 Å². The summed E-state index contributed by atoms with van der Waals surface area (Å²) in [6.45, 7) is 1.75. The zero-order valence-corrected chi connectivity index (χ0v) is 10.9. The Morgan fingerprint density at radius 1 is 1.63 bits per heavy atom. The number of hydrogen-bond acceptors (Lipinski definition) is 6. The van der Waals surface area contributed by atoms with Crippen molar-refractivity contribution in [3.05, 3.63) is 45.8 Å². The van der Waals surface area contributed by atoms with Gasteiger partial charge in [0, 0.05) is 17.8 Å². The van der Waals surface area contributed by atoms with Gasteiger partial charge in [-0.1, -0.05) is 11.8 Å². The van der Waals surface area contributed by atoms with Crippen LogP contribution >= 0.6 is 11.8 Å². The van der Waals surface area contributed by atoms with Gasteiger partial charge < -0.3 is 9.40 Å². The van der Waals surface area contributed by atoms with Crippen molar-refractivity contribution in [1.82, 2.24) is 15.4 Å². The molecule has 0 aliphatic heterocycles. The van der Waals surface area contributed by atoms with Crippen LogP contribution in [0, 0.1) is 6.92 Å². The SMILES string of the molecule is Cc1cc(CSc2nccc(=O)[nH]2)oc1C(=O)NN. The second-order valence-corrected chi connectivity index (χ2v) is 4.69. The molecule has 0 aromatic carbocycles. The molecule has 0 aliphatic rings. The molecule has 0 fully saturated rings. The Bertz CT molecular complexity index is 649. The quantitative estimate of drug-likeness (QED) is 0.248. The molecular weight excluding hydrogens is 268 g/mol. The molecule has 2 aromatic rings. The maximum atomic E-state index is 11.4. The van der Waals surface area contributed by atoms with Gasteiger partial charge in [-0.15, -0.1) is 0 Å². The van der Waals surface area contributed by atoms with Gasteiger partial charge in [0.15, 0.2) is 10.9 Å². The molecule has 7 nitrogen and oxygen atoms in total. The van der Waals surface area contributed by atoms with Gasteiger partial charge in [0.05, 0.1) is 5.75 Å². The number of aromatic amines is 1. The minimum absolute atomic E-state index is 0.188. The molecule has 0 bridgehead atoms. The van der Waals surface area contributed by atoms with E-state index < -0.39 is 5.91 Å². The fourth-order valence-corrected chi connectivity index (χ4v) is 2.20. The average Bonchev–Trinajstić information content (AvgIpc) is 2.77. The highest BCUT2D eigenvalue weighted by Crippen LogP contribution is 2.22. The molecule has 0 saturated heterocycles. The Kier molecular flexibility index (Phi) is 4.03. The van der Waals surface area contributed by atoms with Crippen molar-refractivity contribution in [2.75, 3.05) is 0 Å². The molecule has 0 atom stereocenters. The van der Waals surface area contributed by atoms with Crippen LogP contribution in [0.25, 0.3) is 0 Å². The molecule has 19 heavy (non-hydrogen) atoms. The zero-order chi connectivity index (χ0) is 13.8. The number of nitrogens with one attached hydrogen (secondary N) is 2. The Balaban J connectivity index is 2.08. The van der Waals surface area contributed by atoms with Gasteiger partial charge in [-0.3, -0.25) is 15.0 Å². The van der Waals surface area contributed by atoms with Crippen LogP contribution in [0.4, 0.5) is 0 Å². The van der Waals surface area contributed by atoms with Crippen LogP contribution in [0.3, 0.4) is 0 Å². The van der Waals surface area contributed by atoms with Crippen LogP contribution in [0.1, 0.15) is 21.9 Å². The van der Waals surface area contributed by atoms with E-state index in [2.05, 4.69) is 9.97 Å². The van der Waals surface area contributed by atoms with Crippen LogP contribution in [0.2, 0.25) is 0 Å². The minimum atomic E-state index is -0.472. The molecule has 0 unspecified atom stereocenters. The van der Waals surface area contributed by atoms with E-state index in [9.17, 15) is 9.59 Å². The number of carbonyl (C=O) groups excluding carboxylic acids is 1. The van der Waals surface area contributed by atoms with Crippen LogP contribution in [-0.4, -0.2) is 15.9 Å². The molecule has 100 valence electrons. The third kappa shape index (κ3) is 3.24. The summed E-state index contributed by atoms with van der Waals surface area (Å²) in [5.74, 6) is 5.82. The number of nitrogen functional groups attached to an aromatic ring is 1. The molecule has 8 heteroatoms. The number of hydrogen-bond donors (Lipinski definition) is 3. The van der Waals surface area contributed by atoms with Gasteiger partial charge >= 0.3 is 5.91 Å². The van der Waals surface area contributed by atoms with Crippen molar-refractivity contribution >= 4 is 17.7 Å². The van der Waals surface area contributed by atoms with Crippen LogP contribution in [-0.2, 0) is 5.75 Å². The third-order valence-electron chi connectivity index (χ3n) is 2.31. The number of rotatable bonds is 4. The predicted molar refractivity (Wildman–Crippen MR) is 69.5 cm³/mol. The average molecular weight is 280 g/mol. The highest BCUT2D eigenvalue weighted by atomic mass is 32.2. The number of aryl methyl sites for hydroxylation is 1. The van der Waals surface area contributed by atoms with Crippen molar-refractivity contribution < 1.29 is 9.21 Å². The lowest BCUT2D eigenvalue weighted by molar-refractivity contribution is 0.0923. The molecule has 0 radical (unpaired) electrons. The number of thioether (sulfide) groups is 1. The van der Waals surface area contributed by atoms with Crippen molar-refractivity contribution in [1.29, 1.82) is 0 Å². The number of amides is 1. The van der Waals surface area contributed by atoms with Gasteiger partial charge in [0.2, 0.25) is 0 Å². The summed E-state index contributed by atoms with van der Waals surface area (Å²) in [4.78, 5) is 29.0. The first kappa shape index (κ1) is 13.4. The molecule has 0 saturated carbocycles. The summed E-state index contributed by atoms with van der Waals surface area (Å²) in [5.41, 5.74) is 2.51. The van der Waals surface area contributed by atoms with E-state index in [1.165, 1.54) is 24.0 Å². The molecule has 0 spiro atoms. The topological polar surface area (TPSA) is 114 Å². The zero-order valence-electron chi connectivity index (χ0n) is 10.1. The number of aromatic nitrogens is 2. The largest absolute Gasteiger partial charge is 0.455 e. The predicted octanol–water partition coefficient (Wildman–Crippen LogP) is 0.567. The second kappa shape index (κ2) is 5.72. The van der Waals surface area contributed by atoms with E-state index >= 15 is 0 Å². The first-order valence-corrected chi connectivity index (χ1v) is 6.37. The molecule has 1 amide bonds. The highest BCUT2D eigenvalue weighted by Gasteiger charge is 2.14. The summed E-state index contributed by atoms with van der Waals surface area (Å²) < 4.78 is 5.39. The Morgan fingerprint density at radius 3 is 3.11 bits per heavy atom. The Morgan fingerprint density at radius 2 is 2.42 bits per heavy atom.